The summed E-state index contributed by atoms with van der Waals surface area (Å²) in [5.41, 5.74) is 0. The number of allylic oxidation sites excluding steroid dienone is 3. The fourth-order valence-electron chi connectivity index (χ4n) is 0.593. The Balaban J connectivity index is 3.99. The molecule has 0 radical (unpaired) electrons. The molecule has 0 amide bonds. The third-order valence-electron chi connectivity index (χ3n) is 1.24. The van der Waals surface area contributed by atoms with Crippen LogP contribution in [0.4, 0.5) is 0 Å². The molecule has 0 aromatic heterocycles. The van der Waals surface area contributed by atoms with Gasteiger partial charge in [0.15, 0.2) is 0 Å². The first-order valence-electron chi connectivity index (χ1n) is 3.41. The third-order valence-corrected chi connectivity index (χ3v) is 3.92. The standard InChI is InChI=1S/C8H10Br2Cl2/c1-2-7(11)8(12)6(10)4-3-5-9/h2-4,6-8H,1,5H2/b4-3+. The quantitative estimate of drug-likeness (QED) is 0.523. The SMILES string of the molecule is C=CC(Cl)C(Cl)C(Br)/C=C/CBr. The van der Waals surface area contributed by atoms with Gasteiger partial charge in [-0.25, -0.2) is 0 Å². The normalized spacial score (nSPS) is 19.0. The fourth-order valence-corrected chi connectivity index (χ4v) is 1.87. The zero-order valence-corrected chi connectivity index (χ0v) is 11.1. The van der Waals surface area contributed by atoms with Crippen molar-refractivity contribution < 1.29 is 0 Å². The molecule has 0 rings (SSSR count). The minimum absolute atomic E-state index is 0.0808. The Morgan fingerprint density at radius 3 is 2.42 bits per heavy atom. The minimum atomic E-state index is -0.212. The highest BCUT2D eigenvalue weighted by molar-refractivity contribution is 9.09. The van der Waals surface area contributed by atoms with Crippen molar-refractivity contribution in [2.24, 2.45) is 0 Å². The topological polar surface area (TPSA) is 0 Å². The average molecular weight is 337 g/mol. The molecule has 0 nitrogen and oxygen atoms in total. The van der Waals surface area contributed by atoms with Crippen LogP contribution >= 0.6 is 55.1 Å². The van der Waals surface area contributed by atoms with E-state index in [1.54, 1.807) is 6.08 Å². The number of hydrogen-bond donors (Lipinski definition) is 0. The summed E-state index contributed by atoms with van der Waals surface area (Å²) in [5, 5.41) is 0.440. The van der Waals surface area contributed by atoms with Crippen molar-refractivity contribution in [3.8, 4) is 0 Å². The Labute approximate surface area is 100 Å². The minimum Gasteiger partial charge on any atom is -0.119 e. The summed E-state index contributed by atoms with van der Waals surface area (Å²) in [6.07, 6.45) is 5.57. The summed E-state index contributed by atoms with van der Waals surface area (Å²) in [5.74, 6) is 0. The van der Waals surface area contributed by atoms with Gasteiger partial charge in [0.2, 0.25) is 0 Å². The highest BCUT2D eigenvalue weighted by Gasteiger charge is 2.19. The number of rotatable bonds is 5. The van der Waals surface area contributed by atoms with Crippen LogP contribution in [0.25, 0.3) is 0 Å². The Bertz CT molecular complexity index is 159. The molecule has 0 aliphatic carbocycles. The maximum Gasteiger partial charge on any atom is 0.0694 e. The zero-order valence-electron chi connectivity index (χ0n) is 6.39. The van der Waals surface area contributed by atoms with Crippen LogP contribution < -0.4 is 0 Å². The van der Waals surface area contributed by atoms with Crippen LogP contribution in [0.1, 0.15) is 0 Å². The molecule has 0 bridgehead atoms. The second kappa shape index (κ2) is 7.43. The fraction of sp³-hybridized carbons (Fsp3) is 0.500. The maximum atomic E-state index is 6.00. The van der Waals surface area contributed by atoms with Gasteiger partial charge in [-0.2, -0.15) is 0 Å². The van der Waals surface area contributed by atoms with Crippen LogP contribution in [-0.2, 0) is 0 Å². The monoisotopic (exact) mass is 334 g/mol. The van der Waals surface area contributed by atoms with Gasteiger partial charge in [-0.15, -0.1) is 29.8 Å². The third kappa shape index (κ3) is 4.90. The molecule has 4 heteroatoms. The molecule has 0 fully saturated rings. The molecule has 70 valence electrons. The Kier molecular flexibility index (Phi) is 8.06. The van der Waals surface area contributed by atoms with E-state index in [1.165, 1.54) is 0 Å². The van der Waals surface area contributed by atoms with Crippen LogP contribution in [0.5, 0.6) is 0 Å². The van der Waals surface area contributed by atoms with E-state index in [0.29, 0.717) is 0 Å². The average Bonchev–Trinajstić information content (AvgIpc) is 2.11. The van der Waals surface area contributed by atoms with E-state index in [9.17, 15) is 0 Å². The van der Waals surface area contributed by atoms with Crippen LogP contribution in [0.2, 0.25) is 0 Å². The van der Waals surface area contributed by atoms with Crippen molar-refractivity contribution in [2.75, 3.05) is 5.33 Å². The molecule has 0 aliphatic heterocycles. The second-order valence-electron chi connectivity index (χ2n) is 2.15. The Hall–Kier alpha value is 1.02. The van der Waals surface area contributed by atoms with Gasteiger partial charge in [-0.05, 0) is 0 Å². The maximum absolute atomic E-state index is 6.00. The lowest BCUT2D eigenvalue weighted by atomic mass is 10.2. The molecule has 0 aliphatic rings. The summed E-state index contributed by atoms with van der Waals surface area (Å²) in [6.45, 7) is 3.57. The molecular weight excluding hydrogens is 327 g/mol. The molecule has 0 saturated carbocycles. The highest BCUT2D eigenvalue weighted by Crippen LogP contribution is 2.21. The molecule has 3 unspecified atom stereocenters. The Morgan fingerprint density at radius 1 is 1.42 bits per heavy atom. The highest BCUT2D eigenvalue weighted by atomic mass is 79.9. The van der Waals surface area contributed by atoms with E-state index in [2.05, 4.69) is 38.4 Å². The van der Waals surface area contributed by atoms with Gasteiger partial charge >= 0.3 is 0 Å². The summed E-state index contributed by atoms with van der Waals surface area (Å²) in [4.78, 5) is 0.0808. The van der Waals surface area contributed by atoms with Crippen molar-refractivity contribution in [1.82, 2.24) is 0 Å². The van der Waals surface area contributed by atoms with E-state index in [-0.39, 0.29) is 15.6 Å². The molecular formula is C8H10Br2Cl2. The predicted octanol–water partition coefficient (Wildman–Crippen LogP) is 4.10. The van der Waals surface area contributed by atoms with Crippen molar-refractivity contribution in [1.29, 1.82) is 0 Å². The lowest BCUT2D eigenvalue weighted by Crippen LogP contribution is -2.21. The molecule has 0 spiro atoms. The number of hydrogen-bond acceptors (Lipinski definition) is 0. The molecule has 3 atom stereocenters. The first-order valence-corrected chi connectivity index (χ1v) is 6.32. The number of halogens is 4. The van der Waals surface area contributed by atoms with Crippen molar-refractivity contribution in [3.05, 3.63) is 24.8 Å². The Morgan fingerprint density at radius 2 is 2.00 bits per heavy atom. The lowest BCUT2D eigenvalue weighted by Gasteiger charge is -2.15. The second-order valence-corrected chi connectivity index (χ2v) is 4.86. The molecule has 12 heavy (non-hydrogen) atoms. The van der Waals surface area contributed by atoms with Crippen molar-refractivity contribution >= 4 is 55.1 Å². The first-order chi connectivity index (χ1) is 5.63. The lowest BCUT2D eigenvalue weighted by molar-refractivity contribution is 0.912. The van der Waals surface area contributed by atoms with Crippen molar-refractivity contribution in [2.45, 2.75) is 15.6 Å². The van der Waals surface area contributed by atoms with E-state index in [4.69, 9.17) is 23.2 Å². The van der Waals surface area contributed by atoms with Crippen LogP contribution in [0.3, 0.4) is 0 Å². The van der Waals surface area contributed by atoms with Gasteiger partial charge in [-0.3, -0.25) is 0 Å². The first kappa shape index (κ1) is 13.0. The van der Waals surface area contributed by atoms with E-state index in [0.717, 1.165) is 5.33 Å². The van der Waals surface area contributed by atoms with Gasteiger partial charge in [0.05, 0.1) is 15.6 Å². The van der Waals surface area contributed by atoms with Crippen molar-refractivity contribution in [3.63, 3.8) is 0 Å². The zero-order chi connectivity index (χ0) is 9.56. The summed E-state index contributed by atoms with van der Waals surface area (Å²) < 4.78 is 0. The van der Waals surface area contributed by atoms with Gasteiger partial charge in [0, 0.05) is 5.33 Å². The van der Waals surface area contributed by atoms with Crippen LogP contribution in [0, 0.1) is 0 Å². The summed E-state index contributed by atoms with van der Waals surface area (Å²) in [7, 11) is 0. The van der Waals surface area contributed by atoms with Gasteiger partial charge in [-0.1, -0.05) is 50.1 Å². The predicted molar refractivity (Wildman–Crippen MR) is 65.1 cm³/mol. The summed E-state index contributed by atoms with van der Waals surface area (Å²) >= 11 is 18.6. The van der Waals surface area contributed by atoms with E-state index in [1.807, 2.05) is 12.2 Å². The van der Waals surface area contributed by atoms with Gasteiger partial charge < -0.3 is 0 Å². The molecule has 0 aromatic carbocycles. The van der Waals surface area contributed by atoms with Crippen LogP contribution in [-0.4, -0.2) is 20.9 Å². The van der Waals surface area contributed by atoms with Gasteiger partial charge in [0.1, 0.15) is 0 Å². The molecule has 0 saturated heterocycles. The van der Waals surface area contributed by atoms with E-state index >= 15 is 0 Å². The largest absolute Gasteiger partial charge is 0.119 e. The smallest absolute Gasteiger partial charge is 0.0694 e. The summed E-state index contributed by atoms with van der Waals surface area (Å²) in [6, 6.07) is 0. The molecule has 0 heterocycles. The molecule has 0 aromatic rings. The molecule has 0 N–H and O–H groups in total. The van der Waals surface area contributed by atoms with Gasteiger partial charge in [0.25, 0.3) is 0 Å². The van der Waals surface area contributed by atoms with E-state index < -0.39 is 0 Å². The van der Waals surface area contributed by atoms with Crippen LogP contribution in [0.15, 0.2) is 24.8 Å². The number of alkyl halides is 4.